The van der Waals surface area contributed by atoms with Crippen molar-refractivity contribution < 1.29 is 9.29 Å². The van der Waals surface area contributed by atoms with Gasteiger partial charge in [-0.3, -0.25) is 10.1 Å². The van der Waals surface area contributed by atoms with Crippen LogP contribution in [0.1, 0.15) is 19.3 Å². The van der Waals surface area contributed by atoms with Crippen LogP contribution in [0.2, 0.25) is 0 Å². The first-order valence-corrected chi connectivity index (χ1v) is 7.85. The number of nitrogens with two attached hydrogens (primary N) is 1. The van der Waals surface area contributed by atoms with E-state index in [0.29, 0.717) is 12.4 Å². The van der Waals surface area contributed by atoms with Crippen molar-refractivity contribution in [2.45, 2.75) is 19.3 Å². The Kier molecular flexibility index (Phi) is 5.85. The highest BCUT2D eigenvalue weighted by Gasteiger charge is 2.02. The van der Waals surface area contributed by atoms with Crippen LogP contribution in [0.15, 0.2) is 30.6 Å². The van der Waals surface area contributed by atoms with Gasteiger partial charge < -0.3 is 9.29 Å². The maximum Gasteiger partial charge on any atom is 0.137 e. The van der Waals surface area contributed by atoms with Crippen molar-refractivity contribution in [3.8, 4) is 17.1 Å². The van der Waals surface area contributed by atoms with Crippen LogP contribution < -0.4 is 9.88 Å². The van der Waals surface area contributed by atoms with Gasteiger partial charge in [0.05, 0.1) is 24.2 Å². The summed E-state index contributed by atoms with van der Waals surface area (Å²) in [7, 11) is 0. The molecule has 108 valence electrons. The Balaban J connectivity index is 1.69. The first-order valence-electron chi connectivity index (χ1n) is 6.47. The second kappa shape index (κ2) is 7.88. The molecule has 2 heterocycles. The molecule has 0 radical (unpaired) electrons. The molecule has 1 unspecified atom stereocenters. The van der Waals surface area contributed by atoms with E-state index < -0.39 is 11.4 Å². The van der Waals surface area contributed by atoms with E-state index in [0.717, 1.165) is 36.4 Å². The van der Waals surface area contributed by atoms with Gasteiger partial charge in [0, 0.05) is 17.6 Å². The van der Waals surface area contributed by atoms with Crippen LogP contribution in [0.3, 0.4) is 0 Å². The maximum absolute atomic E-state index is 10.7. The molecule has 2 aromatic rings. The fraction of sp³-hybridized carbons (Fsp3) is 0.385. The van der Waals surface area contributed by atoms with Gasteiger partial charge in [-0.05, 0) is 37.5 Å². The van der Waals surface area contributed by atoms with Crippen LogP contribution in [0, 0.1) is 0 Å². The minimum absolute atomic E-state index is 0.556. The van der Waals surface area contributed by atoms with Gasteiger partial charge >= 0.3 is 0 Å². The lowest BCUT2D eigenvalue weighted by Crippen LogP contribution is -2.16. The fourth-order valence-electron chi connectivity index (χ4n) is 1.74. The summed E-state index contributed by atoms with van der Waals surface area (Å²) in [4.78, 5) is 4.31. The molecule has 1 atom stereocenters. The fourth-order valence-corrected chi connectivity index (χ4v) is 2.23. The number of aromatic amines is 1. The molecule has 0 saturated carbocycles. The predicted molar refractivity (Wildman–Crippen MR) is 78.4 cm³/mol. The van der Waals surface area contributed by atoms with Crippen LogP contribution in [-0.2, 0) is 11.4 Å². The zero-order valence-corrected chi connectivity index (χ0v) is 11.9. The Labute approximate surface area is 121 Å². The molecule has 0 aliphatic rings. The van der Waals surface area contributed by atoms with Crippen LogP contribution in [0.4, 0.5) is 0 Å². The molecule has 0 aromatic carbocycles. The van der Waals surface area contributed by atoms with Crippen LogP contribution in [0.25, 0.3) is 11.4 Å². The van der Waals surface area contributed by atoms with Gasteiger partial charge in [-0.2, -0.15) is 10.2 Å². The van der Waals surface area contributed by atoms with Crippen molar-refractivity contribution in [2.24, 2.45) is 5.14 Å². The van der Waals surface area contributed by atoms with Crippen molar-refractivity contribution in [3.05, 3.63) is 30.6 Å². The third-order valence-corrected chi connectivity index (χ3v) is 3.46. The van der Waals surface area contributed by atoms with Gasteiger partial charge in [0.2, 0.25) is 0 Å². The van der Waals surface area contributed by atoms with Gasteiger partial charge in [0.15, 0.2) is 0 Å². The van der Waals surface area contributed by atoms with E-state index in [-0.39, 0.29) is 0 Å². The first-order chi connectivity index (χ1) is 9.75. The molecule has 0 saturated heterocycles. The van der Waals surface area contributed by atoms with Crippen molar-refractivity contribution >= 4 is 11.4 Å². The van der Waals surface area contributed by atoms with Gasteiger partial charge in [0.1, 0.15) is 11.5 Å². The predicted octanol–water partition coefficient (Wildman–Crippen LogP) is 1.64. The Morgan fingerprint density at radius 1 is 1.25 bits per heavy atom. The van der Waals surface area contributed by atoms with E-state index >= 15 is 0 Å². The lowest BCUT2D eigenvalue weighted by Gasteiger charge is -2.06. The molecular weight excluding hydrogens is 276 g/mol. The van der Waals surface area contributed by atoms with Crippen molar-refractivity contribution in [1.29, 1.82) is 0 Å². The largest absolute Gasteiger partial charge is 0.598 e. The maximum atomic E-state index is 10.7. The molecule has 7 heteroatoms. The van der Waals surface area contributed by atoms with Gasteiger partial charge in [-0.1, -0.05) is 0 Å². The third kappa shape index (κ3) is 4.84. The molecular formula is C13H18N4O2S. The molecule has 0 amide bonds. The molecule has 6 nitrogen and oxygen atoms in total. The molecule has 0 aliphatic carbocycles. The first kappa shape index (κ1) is 14.8. The minimum atomic E-state index is -1.18. The summed E-state index contributed by atoms with van der Waals surface area (Å²) in [6.07, 6.45) is 6.13. The number of hydrogen-bond acceptors (Lipinski definition) is 5. The molecule has 0 aliphatic heterocycles. The second-order valence-corrected chi connectivity index (χ2v) is 5.51. The average Bonchev–Trinajstić information content (AvgIpc) is 2.97. The molecule has 0 fully saturated rings. The number of ether oxygens (including phenoxy) is 1. The Bertz CT molecular complexity index is 488. The number of nitrogens with one attached hydrogen (secondary N) is 1. The minimum Gasteiger partial charge on any atom is -0.598 e. The number of rotatable bonds is 8. The molecule has 0 spiro atoms. The standard InChI is InChI=1S/C13H18N4O2S/c14-20(18)9-3-1-2-8-19-11-4-5-12(15-10-11)13-6-7-16-17-13/h4-7,10H,1-3,8-9,14H2,(H,16,17). The highest BCUT2D eigenvalue weighted by Crippen LogP contribution is 2.17. The Hall–Kier alpha value is -1.57. The number of nitrogens with zero attached hydrogens (tertiary/aromatic N) is 2. The summed E-state index contributed by atoms with van der Waals surface area (Å²) in [5.74, 6) is 1.30. The summed E-state index contributed by atoms with van der Waals surface area (Å²) >= 11 is -1.18. The van der Waals surface area contributed by atoms with Gasteiger partial charge in [-0.25, -0.2) is 0 Å². The summed E-state index contributed by atoms with van der Waals surface area (Å²) in [6, 6.07) is 5.64. The van der Waals surface area contributed by atoms with E-state index in [9.17, 15) is 4.55 Å². The number of aromatic nitrogens is 3. The topological polar surface area (TPSA) is 99.9 Å². The van der Waals surface area contributed by atoms with E-state index in [1.165, 1.54) is 0 Å². The molecule has 3 N–H and O–H groups in total. The smallest absolute Gasteiger partial charge is 0.137 e. The van der Waals surface area contributed by atoms with Crippen molar-refractivity contribution in [2.75, 3.05) is 12.4 Å². The van der Waals surface area contributed by atoms with Gasteiger partial charge in [0.25, 0.3) is 0 Å². The monoisotopic (exact) mass is 294 g/mol. The summed E-state index contributed by atoms with van der Waals surface area (Å²) in [6.45, 7) is 0.627. The van der Waals surface area contributed by atoms with Gasteiger partial charge in [-0.15, -0.1) is 0 Å². The summed E-state index contributed by atoms with van der Waals surface area (Å²) in [5, 5.41) is 11.9. The van der Waals surface area contributed by atoms with E-state index in [4.69, 9.17) is 9.88 Å². The van der Waals surface area contributed by atoms with Crippen LogP contribution in [0.5, 0.6) is 5.75 Å². The zero-order valence-electron chi connectivity index (χ0n) is 11.1. The highest BCUT2D eigenvalue weighted by atomic mass is 32.2. The SMILES string of the molecule is N[S+]([O-])CCCCCOc1ccc(-c2ccn[nH]2)nc1. The summed E-state index contributed by atoms with van der Waals surface area (Å²) in [5.41, 5.74) is 1.71. The lowest BCUT2D eigenvalue weighted by molar-refractivity contribution is 0.305. The Morgan fingerprint density at radius 2 is 2.15 bits per heavy atom. The average molecular weight is 294 g/mol. The quantitative estimate of drug-likeness (QED) is 0.569. The third-order valence-electron chi connectivity index (χ3n) is 2.77. The lowest BCUT2D eigenvalue weighted by atomic mass is 10.2. The normalized spacial score (nSPS) is 12.3. The number of unbranched alkanes of at least 4 members (excludes halogenated alkanes) is 2. The van der Waals surface area contributed by atoms with Crippen molar-refractivity contribution in [3.63, 3.8) is 0 Å². The highest BCUT2D eigenvalue weighted by molar-refractivity contribution is 7.89. The molecule has 20 heavy (non-hydrogen) atoms. The number of pyridine rings is 1. The molecule has 0 bridgehead atoms. The number of H-pyrrole nitrogens is 1. The Morgan fingerprint density at radius 3 is 2.80 bits per heavy atom. The summed E-state index contributed by atoms with van der Waals surface area (Å²) < 4.78 is 16.3. The van der Waals surface area contributed by atoms with E-state index in [1.54, 1.807) is 12.4 Å². The van der Waals surface area contributed by atoms with Crippen LogP contribution >= 0.6 is 0 Å². The second-order valence-electron chi connectivity index (χ2n) is 4.34. The zero-order chi connectivity index (χ0) is 14.2. The van der Waals surface area contributed by atoms with Crippen LogP contribution in [-0.4, -0.2) is 32.1 Å². The molecule has 2 rings (SSSR count). The van der Waals surface area contributed by atoms with Crippen molar-refractivity contribution in [1.82, 2.24) is 15.2 Å². The van der Waals surface area contributed by atoms with E-state index in [1.807, 2.05) is 18.2 Å². The molecule has 2 aromatic heterocycles. The van der Waals surface area contributed by atoms with E-state index in [2.05, 4.69) is 15.2 Å². The number of hydrogen-bond donors (Lipinski definition) is 2.